The number of rotatable bonds is 6. The largest absolute Gasteiger partial charge is 0.348 e. The van der Waals surface area contributed by atoms with Crippen LogP contribution in [0.2, 0.25) is 0 Å². The molecule has 112 valence electrons. The Bertz CT molecular complexity index is 533. The van der Waals surface area contributed by atoms with Crippen LogP contribution in [0.4, 0.5) is 0 Å². The van der Waals surface area contributed by atoms with E-state index in [2.05, 4.69) is 4.72 Å². The van der Waals surface area contributed by atoms with Gasteiger partial charge in [-0.1, -0.05) is 29.8 Å². The van der Waals surface area contributed by atoms with Gasteiger partial charge in [0.05, 0.1) is 19.0 Å². The van der Waals surface area contributed by atoms with Crippen LogP contribution < -0.4 is 4.72 Å². The molecule has 1 aliphatic rings. The Labute approximate surface area is 120 Å². The Kier molecular flexibility index (Phi) is 4.80. The molecule has 1 N–H and O–H groups in total. The minimum Gasteiger partial charge on any atom is -0.348 e. The van der Waals surface area contributed by atoms with E-state index in [1.807, 2.05) is 38.1 Å². The third-order valence-electron chi connectivity index (χ3n) is 3.28. The van der Waals surface area contributed by atoms with Crippen molar-refractivity contribution in [3.05, 3.63) is 35.4 Å². The fraction of sp³-hybridized carbons (Fsp3) is 0.571. The third-order valence-corrected chi connectivity index (χ3v) is 4.63. The van der Waals surface area contributed by atoms with Gasteiger partial charge >= 0.3 is 0 Å². The molecule has 0 spiro atoms. The van der Waals surface area contributed by atoms with Gasteiger partial charge in [-0.2, -0.15) is 0 Å². The maximum Gasteiger partial charge on any atom is 0.215 e. The van der Waals surface area contributed by atoms with E-state index >= 15 is 0 Å². The van der Waals surface area contributed by atoms with Crippen molar-refractivity contribution < 1.29 is 17.9 Å². The number of nitrogens with one attached hydrogen (secondary N) is 1. The average molecular weight is 299 g/mol. The SMILES string of the molecule is Cc1ccc(CS(=O)(=O)NCCC2(C)OCCO2)cc1. The fourth-order valence-corrected chi connectivity index (χ4v) is 3.24. The first-order chi connectivity index (χ1) is 9.39. The van der Waals surface area contributed by atoms with Crippen LogP contribution in [0.25, 0.3) is 0 Å². The van der Waals surface area contributed by atoms with Crippen molar-refractivity contribution >= 4 is 10.0 Å². The van der Waals surface area contributed by atoms with Crippen molar-refractivity contribution in [2.75, 3.05) is 19.8 Å². The molecule has 0 unspecified atom stereocenters. The molecule has 1 saturated heterocycles. The number of aryl methyl sites for hydroxylation is 1. The Morgan fingerprint density at radius 3 is 2.40 bits per heavy atom. The van der Waals surface area contributed by atoms with Crippen LogP contribution in [0.5, 0.6) is 0 Å². The van der Waals surface area contributed by atoms with Crippen LogP contribution in [-0.2, 0) is 25.2 Å². The van der Waals surface area contributed by atoms with E-state index in [9.17, 15) is 8.42 Å². The predicted octanol–water partition coefficient (Wildman–Crippen LogP) is 1.57. The molecule has 0 aromatic heterocycles. The molecule has 0 radical (unpaired) electrons. The Hall–Kier alpha value is -0.950. The molecule has 5 nitrogen and oxygen atoms in total. The molecule has 1 heterocycles. The maximum absolute atomic E-state index is 12.0. The zero-order valence-electron chi connectivity index (χ0n) is 11.9. The van der Waals surface area contributed by atoms with Gasteiger partial charge in [0.1, 0.15) is 0 Å². The second-order valence-corrected chi connectivity index (χ2v) is 7.03. The highest BCUT2D eigenvalue weighted by Gasteiger charge is 2.30. The Balaban J connectivity index is 1.83. The second-order valence-electron chi connectivity index (χ2n) is 5.22. The lowest BCUT2D eigenvalue weighted by molar-refractivity contribution is -0.145. The molecule has 0 amide bonds. The van der Waals surface area contributed by atoms with Crippen molar-refractivity contribution in [3.63, 3.8) is 0 Å². The summed E-state index contributed by atoms with van der Waals surface area (Å²) in [4.78, 5) is 0. The highest BCUT2D eigenvalue weighted by Crippen LogP contribution is 2.21. The molecular formula is C14H21NO4S. The van der Waals surface area contributed by atoms with E-state index in [0.29, 0.717) is 26.2 Å². The minimum absolute atomic E-state index is 0.00823. The lowest BCUT2D eigenvalue weighted by Gasteiger charge is -2.22. The second kappa shape index (κ2) is 6.22. The normalized spacial score (nSPS) is 18.3. The van der Waals surface area contributed by atoms with Crippen molar-refractivity contribution in [3.8, 4) is 0 Å². The number of hydrogen-bond acceptors (Lipinski definition) is 4. The van der Waals surface area contributed by atoms with Crippen molar-refractivity contribution in [2.45, 2.75) is 31.8 Å². The van der Waals surface area contributed by atoms with E-state index in [4.69, 9.17) is 9.47 Å². The first-order valence-corrected chi connectivity index (χ1v) is 8.35. The molecule has 1 aromatic carbocycles. The van der Waals surface area contributed by atoms with Crippen molar-refractivity contribution in [1.82, 2.24) is 4.72 Å². The number of ether oxygens (including phenoxy) is 2. The van der Waals surface area contributed by atoms with Crippen LogP contribution in [0, 0.1) is 6.92 Å². The molecule has 20 heavy (non-hydrogen) atoms. The molecule has 1 aromatic rings. The van der Waals surface area contributed by atoms with E-state index in [1.165, 1.54) is 0 Å². The molecule has 2 rings (SSSR count). The Morgan fingerprint density at radius 1 is 1.20 bits per heavy atom. The van der Waals surface area contributed by atoms with Crippen molar-refractivity contribution in [1.29, 1.82) is 0 Å². The average Bonchev–Trinajstić information content (AvgIpc) is 2.79. The molecule has 0 aliphatic carbocycles. The summed E-state index contributed by atoms with van der Waals surface area (Å²) in [5.41, 5.74) is 1.89. The molecule has 0 bridgehead atoms. The molecule has 0 saturated carbocycles. The van der Waals surface area contributed by atoms with Gasteiger partial charge in [-0.15, -0.1) is 0 Å². The van der Waals surface area contributed by atoms with Gasteiger partial charge < -0.3 is 9.47 Å². The highest BCUT2D eigenvalue weighted by atomic mass is 32.2. The van der Waals surface area contributed by atoms with Gasteiger partial charge in [-0.25, -0.2) is 13.1 Å². The summed E-state index contributed by atoms with van der Waals surface area (Å²) >= 11 is 0. The number of sulfonamides is 1. The molecule has 1 fully saturated rings. The topological polar surface area (TPSA) is 64.6 Å². The van der Waals surface area contributed by atoms with Gasteiger partial charge in [-0.3, -0.25) is 0 Å². The summed E-state index contributed by atoms with van der Waals surface area (Å²) < 4.78 is 37.4. The minimum atomic E-state index is -3.33. The smallest absolute Gasteiger partial charge is 0.215 e. The first kappa shape index (κ1) is 15.4. The van der Waals surface area contributed by atoms with Crippen LogP contribution in [-0.4, -0.2) is 34.0 Å². The van der Waals surface area contributed by atoms with Crippen molar-refractivity contribution in [2.24, 2.45) is 0 Å². The monoisotopic (exact) mass is 299 g/mol. The van der Waals surface area contributed by atoms with E-state index < -0.39 is 15.8 Å². The zero-order valence-corrected chi connectivity index (χ0v) is 12.7. The van der Waals surface area contributed by atoms with Gasteiger partial charge in [0, 0.05) is 13.0 Å². The highest BCUT2D eigenvalue weighted by molar-refractivity contribution is 7.88. The van der Waals surface area contributed by atoms with Gasteiger partial charge in [-0.05, 0) is 19.4 Å². The Morgan fingerprint density at radius 2 is 1.80 bits per heavy atom. The number of benzene rings is 1. The predicted molar refractivity (Wildman–Crippen MR) is 76.7 cm³/mol. The molecular weight excluding hydrogens is 278 g/mol. The molecule has 6 heteroatoms. The van der Waals surface area contributed by atoms with Crippen LogP contribution >= 0.6 is 0 Å². The maximum atomic E-state index is 12.0. The lowest BCUT2D eigenvalue weighted by atomic mass is 10.2. The van der Waals surface area contributed by atoms with Crippen LogP contribution in [0.15, 0.2) is 24.3 Å². The van der Waals surface area contributed by atoms with Gasteiger partial charge in [0.2, 0.25) is 10.0 Å². The first-order valence-electron chi connectivity index (χ1n) is 6.69. The number of hydrogen-bond donors (Lipinski definition) is 1. The molecule has 0 atom stereocenters. The van der Waals surface area contributed by atoms with Crippen LogP contribution in [0.1, 0.15) is 24.5 Å². The van der Waals surface area contributed by atoms with Crippen LogP contribution in [0.3, 0.4) is 0 Å². The van der Waals surface area contributed by atoms with Gasteiger partial charge in [0.25, 0.3) is 0 Å². The van der Waals surface area contributed by atoms with E-state index in [-0.39, 0.29) is 5.75 Å². The summed E-state index contributed by atoms with van der Waals surface area (Å²) in [6, 6.07) is 7.48. The summed E-state index contributed by atoms with van der Waals surface area (Å²) in [5, 5.41) is 0. The standard InChI is InChI=1S/C14H21NO4S/c1-12-3-5-13(6-4-12)11-20(16,17)15-8-7-14(2)18-9-10-19-14/h3-6,15H,7-11H2,1-2H3. The van der Waals surface area contributed by atoms with E-state index in [1.54, 1.807) is 0 Å². The fourth-order valence-electron chi connectivity index (χ4n) is 2.09. The quantitative estimate of drug-likeness (QED) is 0.866. The van der Waals surface area contributed by atoms with E-state index in [0.717, 1.165) is 11.1 Å². The summed E-state index contributed by atoms with van der Waals surface area (Å²) in [7, 11) is -3.33. The zero-order chi connectivity index (χ0) is 14.6. The lowest BCUT2D eigenvalue weighted by Crippen LogP contribution is -2.34. The summed E-state index contributed by atoms with van der Waals surface area (Å²) in [6.07, 6.45) is 0.500. The molecule has 1 aliphatic heterocycles. The summed E-state index contributed by atoms with van der Waals surface area (Å²) in [5.74, 6) is -0.669. The third kappa shape index (κ3) is 4.56. The van der Waals surface area contributed by atoms with Gasteiger partial charge in [0.15, 0.2) is 5.79 Å². The summed E-state index contributed by atoms with van der Waals surface area (Å²) in [6.45, 7) is 5.23.